The maximum atomic E-state index is 13.2. The van der Waals surface area contributed by atoms with Crippen LogP contribution in [0.1, 0.15) is 77.6 Å². The summed E-state index contributed by atoms with van der Waals surface area (Å²) in [6.07, 6.45) is 11.1. The Morgan fingerprint density at radius 2 is 1.59 bits per heavy atom. The molecule has 0 bridgehead atoms. The lowest BCUT2D eigenvalue weighted by Gasteiger charge is -2.04. The second kappa shape index (κ2) is 16.6. The molecule has 0 aromatic carbocycles. The number of alkyl halides is 1. The number of carbonyl (C=O) groups is 1. The van der Waals surface area contributed by atoms with Gasteiger partial charge in [-0.2, -0.15) is 11.8 Å². The van der Waals surface area contributed by atoms with Gasteiger partial charge in [0.05, 0.1) is 0 Å². The average Bonchev–Trinajstić information content (AvgIpc) is 2.51. The van der Waals surface area contributed by atoms with Gasteiger partial charge in [0.25, 0.3) is 5.91 Å². The van der Waals surface area contributed by atoms with Gasteiger partial charge >= 0.3 is 0 Å². The number of rotatable bonds is 15. The Morgan fingerprint density at radius 1 is 1.05 bits per heavy atom. The van der Waals surface area contributed by atoms with E-state index in [-0.39, 0.29) is 6.42 Å². The average molecular weight is 332 g/mol. The van der Waals surface area contributed by atoms with Crippen LogP contribution in [0.3, 0.4) is 0 Å². The summed E-state index contributed by atoms with van der Waals surface area (Å²) in [5.74, 6) is 0.976. The van der Waals surface area contributed by atoms with Gasteiger partial charge in [-0.25, -0.2) is 4.39 Å². The number of nitrogens with zero attached hydrogens (tertiary/aromatic N) is 3. The van der Waals surface area contributed by atoms with Crippen molar-refractivity contribution in [1.29, 1.82) is 0 Å². The zero-order valence-electron chi connectivity index (χ0n) is 13.8. The number of carbonyl (C=O) groups excluding carboxylic acids is 1. The molecule has 0 saturated heterocycles. The molecule has 6 heteroatoms. The minimum Gasteiger partial charge on any atom is -0.289 e. The first-order valence-electron chi connectivity index (χ1n) is 8.53. The molecule has 0 N–H and O–H groups in total. The lowest BCUT2D eigenvalue weighted by molar-refractivity contribution is -0.122. The van der Waals surface area contributed by atoms with E-state index >= 15 is 0 Å². The van der Waals surface area contributed by atoms with E-state index < -0.39 is 12.1 Å². The molecule has 0 saturated carbocycles. The minimum absolute atomic E-state index is 0.155. The molecule has 0 aromatic heterocycles. The summed E-state index contributed by atoms with van der Waals surface area (Å²) in [5.41, 5.74) is 8.04. The van der Waals surface area contributed by atoms with Gasteiger partial charge in [-0.3, -0.25) is 4.79 Å². The molecular weight excluding hydrogens is 301 g/mol. The van der Waals surface area contributed by atoms with Crippen molar-refractivity contribution in [3.05, 3.63) is 10.4 Å². The summed E-state index contributed by atoms with van der Waals surface area (Å²) >= 11 is 1.81. The number of unbranched alkanes of at least 4 members (excludes halogenated alkanes) is 8. The third kappa shape index (κ3) is 14.2. The number of hydrogen-bond donors (Lipinski definition) is 0. The Labute approximate surface area is 138 Å². The molecule has 128 valence electrons. The third-order valence-electron chi connectivity index (χ3n) is 3.55. The predicted octanol–water partition coefficient (Wildman–Crippen LogP) is 6.21. The van der Waals surface area contributed by atoms with Crippen LogP contribution in [0.5, 0.6) is 0 Å². The van der Waals surface area contributed by atoms with E-state index in [0.29, 0.717) is 6.42 Å². The molecule has 1 atom stereocenters. The lowest BCUT2D eigenvalue weighted by Crippen LogP contribution is -2.12. The fourth-order valence-electron chi connectivity index (χ4n) is 2.21. The summed E-state index contributed by atoms with van der Waals surface area (Å²) in [5, 5.41) is 2.76. The Kier molecular flexibility index (Phi) is 16.1. The topological polar surface area (TPSA) is 65.8 Å². The van der Waals surface area contributed by atoms with E-state index in [4.69, 9.17) is 5.53 Å². The molecule has 22 heavy (non-hydrogen) atoms. The maximum Gasteiger partial charge on any atom is 0.252 e. The summed E-state index contributed by atoms with van der Waals surface area (Å²) in [6.45, 7) is 2.24. The SMILES string of the molecule is CCCCCCCCCCCSCCCC(F)C(=O)N=[N+]=[N-]. The summed E-state index contributed by atoms with van der Waals surface area (Å²) in [6, 6.07) is 0. The molecular formula is C16H30FN3OS. The highest BCUT2D eigenvalue weighted by atomic mass is 32.2. The summed E-state index contributed by atoms with van der Waals surface area (Å²) in [7, 11) is 0. The number of azide groups is 1. The number of hydrogen-bond acceptors (Lipinski definition) is 2. The van der Waals surface area contributed by atoms with Gasteiger partial charge in [-0.05, 0) is 41.4 Å². The van der Waals surface area contributed by atoms with Gasteiger partial charge in [0.1, 0.15) is 0 Å². The molecule has 1 amide bonds. The van der Waals surface area contributed by atoms with Gasteiger partial charge in [0, 0.05) is 4.91 Å². The van der Waals surface area contributed by atoms with Crippen molar-refractivity contribution in [1.82, 2.24) is 0 Å². The fourth-order valence-corrected chi connectivity index (χ4v) is 3.19. The Bertz CT molecular complexity index is 323. The summed E-state index contributed by atoms with van der Waals surface area (Å²) < 4.78 is 13.2. The second-order valence-electron chi connectivity index (χ2n) is 5.58. The Hall–Kier alpha value is -0.740. The molecule has 0 aliphatic heterocycles. The first-order chi connectivity index (χ1) is 10.7. The van der Waals surface area contributed by atoms with Crippen molar-refractivity contribution in [2.24, 2.45) is 5.11 Å². The van der Waals surface area contributed by atoms with E-state index in [1.807, 2.05) is 11.8 Å². The molecule has 0 spiro atoms. The van der Waals surface area contributed by atoms with Crippen LogP contribution >= 0.6 is 11.8 Å². The van der Waals surface area contributed by atoms with Crippen molar-refractivity contribution in [2.45, 2.75) is 83.7 Å². The Balaban J connectivity index is 3.20. The highest BCUT2D eigenvalue weighted by Crippen LogP contribution is 2.14. The van der Waals surface area contributed by atoms with Crippen molar-refractivity contribution in [3.8, 4) is 0 Å². The van der Waals surface area contributed by atoms with Crippen molar-refractivity contribution in [2.75, 3.05) is 11.5 Å². The van der Waals surface area contributed by atoms with Gasteiger partial charge in [0.15, 0.2) is 6.17 Å². The molecule has 4 nitrogen and oxygen atoms in total. The van der Waals surface area contributed by atoms with Crippen LogP contribution in [0, 0.1) is 0 Å². The molecule has 1 unspecified atom stereocenters. The van der Waals surface area contributed by atoms with E-state index in [9.17, 15) is 9.18 Å². The smallest absolute Gasteiger partial charge is 0.252 e. The van der Waals surface area contributed by atoms with Crippen LogP contribution in [0.2, 0.25) is 0 Å². The van der Waals surface area contributed by atoms with Gasteiger partial charge in [-0.1, -0.05) is 58.3 Å². The van der Waals surface area contributed by atoms with Crippen molar-refractivity contribution in [3.63, 3.8) is 0 Å². The molecule has 0 rings (SSSR count). The third-order valence-corrected chi connectivity index (χ3v) is 4.70. The van der Waals surface area contributed by atoms with Gasteiger partial charge < -0.3 is 0 Å². The van der Waals surface area contributed by atoms with Crippen LogP contribution in [0.25, 0.3) is 10.4 Å². The van der Waals surface area contributed by atoms with Gasteiger partial charge in [-0.15, -0.1) is 0 Å². The predicted molar refractivity (Wildman–Crippen MR) is 92.8 cm³/mol. The second-order valence-corrected chi connectivity index (χ2v) is 6.80. The standard InChI is InChI=1S/C16H30FN3OS/c1-2-3-4-5-6-7-8-9-10-13-22-14-11-12-15(17)16(21)19-20-18/h15H,2-14H2,1H3. The van der Waals surface area contributed by atoms with Crippen LogP contribution in [-0.4, -0.2) is 23.6 Å². The van der Waals surface area contributed by atoms with E-state index in [1.54, 1.807) is 0 Å². The zero-order chi connectivity index (χ0) is 16.5. The minimum atomic E-state index is -1.63. The Morgan fingerprint density at radius 3 is 2.18 bits per heavy atom. The first kappa shape index (κ1) is 21.3. The van der Waals surface area contributed by atoms with Crippen LogP contribution in [-0.2, 0) is 4.79 Å². The number of amides is 1. The quantitative estimate of drug-likeness (QED) is 0.155. The molecule has 0 fully saturated rings. The normalized spacial score (nSPS) is 11.9. The van der Waals surface area contributed by atoms with Crippen molar-refractivity contribution >= 4 is 17.7 Å². The zero-order valence-corrected chi connectivity index (χ0v) is 14.6. The number of halogens is 1. The lowest BCUT2D eigenvalue weighted by atomic mass is 10.1. The molecule has 0 heterocycles. The largest absolute Gasteiger partial charge is 0.289 e. The monoisotopic (exact) mass is 331 g/mol. The summed E-state index contributed by atoms with van der Waals surface area (Å²) in [4.78, 5) is 13.2. The molecule has 0 aliphatic rings. The van der Waals surface area contributed by atoms with Crippen LogP contribution in [0.15, 0.2) is 5.11 Å². The molecule has 0 aliphatic carbocycles. The molecule has 0 aromatic rings. The maximum absolute atomic E-state index is 13.2. The first-order valence-corrected chi connectivity index (χ1v) is 9.68. The highest BCUT2D eigenvalue weighted by molar-refractivity contribution is 7.99. The van der Waals surface area contributed by atoms with Crippen LogP contribution < -0.4 is 0 Å². The number of thioether (sulfide) groups is 1. The van der Waals surface area contributed by atoms with Gasteiger partial charge in [0.2, 0.25) is 0 Å². The van der Waals surface area contributed by atoms with E-state index in [1.165, 1.54) is 57.8 Å². The van der Waals surface area contributed by atoms with E-state index in [0.717, 1.165) is 11.5 Å². The fraction of sp³-hybridized carbons (Fsp3) is 0.938. The highest BCUT2D eigenvalue weighted by Gasteiger charge is 2.14. The van der Waals surface area contributed by atoms with E-state index in [2.05, 4.69) is 16.9 Å². The molecule has 0 radical (unpaired) electrons. The van der Waals surface area contributed by atoms with Crippen molar-refractivity contribution < 1.29 is 9.18 Å². The van der Waals surface area contributed by atoms with Crippen LogP contribution in [0.4, 0.5) is 4.39 Å².